The number of rotatable bonds is 3. The van der Waals surface area contributed by atoms with Crippen molar-refractivity contribution in [3.8, 4) is 0 Å². The SMILES string of the molecule is CC(C)(C)C1CCc2c(sc(NC(=S)NC(=O)c3cc(Cl)ccc3Cl)c2C(N)=O)C1. The Balaban J connectivity index is 1.80. The Bertz CT molecular complexity index is 1030. The van der Waals surface area contributed by atoms with Gasteiger partial charge in [0, 0.05) is 9.90 Å². The number of hydrogen-bond donors (Lipinski definition) is 3. The summed E-state index contributed by atoms with van der Waals surface area (Å²) in [6.45, 7) is 6.70. The Morgan fingerprint density at radius 3 is 2.60 bits per heavy atom. The second-order valence-electron chi connectivity index (χ2n) is 8.41. The fourth-order valence-corrected chi connectivity index (χ4v) is 5.62. The van der Waals surface area contributed by atoms with Crippen molar-refractivity contribution < 1.29 is 9.59 Å². The minimum absolute atomic E-state index is 0.0597. The summed E-state index contributed by atoms with van der Waals surface area (Å²) in [5.41, 5.74) is 7.51. The van der Waals surface area contributed by atoms with Crippen LogP contribution < -0.4 is 16.4 Å². The lowest BCUT2D eigenvalue weighted by Crippen LogP contribution is -2.34. The molecule has 0 bridgehead atoms. The van der Waals surface area contributed by atoms with E-state index in [1.165, 1.54) is 17.4 Å². The molecule has 0 fully saturated rings. The number of carbonyl (C=O) groups excluding carboxylic acids is 2. The molecule has 1 aromatic heterocycles. The highest BCUT2D eigenvalue weighted by molar-refractivity contribution is 7.80. The van der Waals surface area contributed by atoms with Crippen LogP contribution in [0.1, 0.15) is 58.3 Å². The van der Waals surface area contributed by atoms with E-state index in [1.54, 1.807) is 12.1 Å². The first-order valence-corrected chi connectivity index (χ1v) is 11.5. The number of anilines is 1. The molecule has 5 nitrogen and oxygen atoms in total. The normalized spacial score (nSPS) is 16.0. The van der Waals surface area contributed by atoms with E-state index in [4.69, 9.17) is 41.2 Å². The summed E-state index contributed by atoms with van der Waals surface area (Å²) in [6, 6.07) is 4.60. The van der Waals surface area contributed by atoms with E-state index >= 15 is 0 Å². The van der Waals surface area contributed by atoms with E-state index in [2.05, 4.69) is 31.4 Å². The summed E-state index contributed by atoms with van der Waals surface area (Å²) in [5, 5.41) is 6.83. The molecule has 3 rings (SSSR count). The first kappa shape index (κ1) is 23.0. The van der Waals surface area contributed by atoms with Crippen molar-refractivity contribution >= 4 is 68.7 Å². The number of benzene rings is 1. The van der Waals surface area contributed by atoms with Crippen LogP contribution in [0.4, 0.5) is 5.00 Å². The van der Waals surface area contributed by atoms with Crippen LogP contribution in [-0.4, -0.2) is 16.9 Å². The lowest BCUT2D eigenvalue weighted by molar-refractivity contribution is 0.0975. The third-order valence-corrected chi connectivity index (χ3v) is 7.30. The van der Waals surface area contributed by atoms with Gasteiger partial charge in [0.05, 0.1) is 16.1 Å². The van der Waals surface area contributed by atoms with Crippen molar-refractivity contribution in [1.29, 1.82) is 0 Å². The van der Waals surface area contributed by atoms with Crippen molar-refractivity contribution in [2.75, 3.05) is 5.32 Å². The van der Waals surface area contributed by atoms with E-state index in [9.17, 15) is 9.59 Å². The minimum Gasteiger partial charge on any atom is -0.365 e. The number of primary amides is 1. The number of fused-ring (bicyclic) bond motifs is 1. The van der Waals surface area contributed by atoms with Crippen molar-refractivity contribution in [1.82, 2.24) is 5.32 Å². The van der Waals surface area contributed by atoms with Gasteiger partial charge in [-0.1, -0.05) is 44.0 Å². The lowest BCUT2D eigenvalue weighted by atomic mass is 9.72. The van der Waals surface area contributed by atoms with Crippen LogP contribution in [0.25, 0.3) is 0 Å². The van der Waals surface area contributed by atoms with Gasteiger partial charge in [-0.15, -0.1) is 11.3 Å². The molecule has 1 aliphatic carbocycles. The molecule has 2 aromatic rings. The van der Waals surface area contributed by atoms with E-state index in [0.717, 1.165) is 29.7 Å². The zero-order chi connectivity index (χ0) is 22.2. The number of carbonyl (C=O) groups is 2. The molecule has 1 aromatic carbocycles. The Labute approximate surface area is 195 Å². The molecular weight excluding hydrogens is 461 g/mol. The van der Waals surface area contributed by atoms with Gasteiger partial charge in [0.2, 0.25) is 0 Å². The van der Waals surface area contributed by atoms with Crippen LogP contribution in [0, 0.1) is 11.3 Å². The molecule has 30 heavy (non-hydrogen) atoms. The number of thiocarbonyl (C=S) groups is 1. The third kappa shape index (κ3) is 4.97. The van der Waals surface area contributed by atoms with Crippen LogP contribution in [0.2, 0.25) is 10.0 Å². The molecule has 0 aliphatic heterocycles. The maximum atomic E-state index is 12.5. The molecule has 0 spiro atoms. The molecule has 1 unspecified atom stereocenters. The number of nitrogens with two attached hydrogens (primary N) is 1. The van der Waals surface area contributed by atoms with Crippen molar-refractivity contribution in [2.45, 2.75) is 40.0 Å². The molecule has 9 heteroatoms. The molecule has 160 valence electrons. The number of thiophene rings is 1. The highest BCUT2D eigenvalue weighted by Gasteiger charge is 2.33. The highest BCUT2D eigenvalue weighted by atomic mass is 35.5. The Kier molecular flexibility index (Phi) is 6.77. The number of amides is 2. The van der Waals surface area contributed by atoms with Gasteiger partial charge in [0.15, 0.2) is 5.11 Å². The summed E-state index contributed by atoms with van der Waals surface area (Å²) in [5.74, 6) is -0.472. The number of halogens is 2. The third-order valence-electron chi connectivity index (χ3n) is 5.36. The Hall–Kier alpha value is -1.67. The van der Waals surface area contributed by atoms with E-state index in [-0.39, 0.29) is 21.1 Å². The average Bonchev–Trinajstić information content (AvgIpc) is 2.99. The van der Waals surface area contributed by atoms with Gasteiger partial charge in [-0.3, -0.25) is 14.9 Å². The molecule has 1 atom stereocenters. The van der Waals surface area contributed by atoms with Crippen LogP contribution in [0.5, 0.6) is 0 Å². The molecule has 2 amide bonds. The average molecular weight is 484 g/mol. The van der Waals surface area contributed by atoms with Gasteiger partial charge < -0.3 is 11.1 Å². The molecule has 1 heterocycles. The highest BCUT2D eigenvalue weighted by Crippen LogP contribution is 2.44. The zero-order valence-corrected chi connectivity index (χ0v) is 20.0. The molecule has 1 aliphatic rings. The molecule has 0 radical (unpaired) electrons. The topological polar surface area (TPSA) is 84.2 Å². The van der Waals surface area contributed by atoms with Gasteiger partial charge in [-0.2, -0.15) is 0 Å². The lowest BCUT2D eigenvalue weighted by Gasteiger charge is -2.33. The zero-order valence-electron chi connectivity index (χ0n) is 16.9. The second kappa shape index (κ2) is 8.83. The first-order valence-electron chi connectivity index (χ1n) is 9.49. The Morgan fingerprint density at radius 1 is 1.27 bits per heavy atom. The predicted octanol–water partition coefficient (Wildman–Crippen LogP) is 5.43. The summed E-state index contributed by atoms with van der Waals surface area (Å²) in [6.07, 6.45) is 2.69. The maximum absolute atomic E-state index is 12.5. The standard InChI is InChI=1S/C21H23Cl2N3O2S2/c1-21(2,3)10-4-6-12-15(8-10)30-19(16(12)17(24)27)26-20(29)25-18(28)13-9-11(22)5-7-14(13)23/h5,7,9-10H,4,6,8H2,1-3H3,(H2,24,27)(H2,25,26,28,29). The van der Waals surface area contributed by atoms with Crippen LogP contribution in [-0.2, 0) is 12.8 Å². The quantitative estimate of drug-likeness (QED) is 0.507. The summed E-state index contributed by atoms with van der Waals surface area (Å²) in [7, 11) is 0. The molecule has 4 N–H and O–H groups in total. The second-order valence-corrected chi connectivity index (χ2v) is 10.8. The maximum Gasteiger partial charge on any atom is 0.258 e. The van der Waals surface area contributed by atoms with Crippen LogP contribution in [0.3, 0.4) is 0 Å². The summed E-state index contributed by atoms with van der Waals surface area (Å²) >= 11 is 18.8. The van der Waals surface area contributed by atoms with Gasteiger partial charge in [-0.05, 0) is 66.6 Å². The fraction of sp³-hybridized carbons (Fsp3) is 0.381. The monoisotopic (exact) mass is 483 g/mol. The van der Waals surface area contributed by atoms with Crippen LogP contribution >= 0.6 is 46.8 Å². The van der Waals surface area contributed by atoms with Gasteiger partial charge in [-0.25, -0.2) is 0 Å². The van der Waals surface area contributed by atoms with E-state index in [0.29, 0.717) is 21.5 Å². The molecule has 0 saturated carbocycles. The molecule has 0 saturated heterocycles. The van der Waals surface area contributed by atoms with Crippen molar-refractivity contribution in [2.24, 2.45) is 17.1 Å². The molecular formula is C21H23Cl2N3O2S2. The minimum atomic E-state index is -0.503. The number of nitrogens with one attached hydrogen (secondary N) is 2. The van der Waals surface area contributed by atoms with Gasteiger partial charge >= 0.3 is 0 Å². The van der Waals surface area contributed by atoms with E-state index < -0.39 is 11.8 Å². The van der Waals surface area contributed by atoms with E-state index in [1.807, 2.05) is 0 Å². The fourth-order valence-electron chi connectivity index (χ4n) is 3.65. The van der Waals surface area contributed by atoms with Gasteiger partial charge in [0.25, 0.3) is 11.8 Å². The largest absolute Gasteiger partial charge is 0.365 e. The Morgan fingerprint density at radius 2 is 1.97 bits per heavy atom. The van der Waals surface area contributed by atoms with Crippen molar-refractivity contribution in [3.05, 3.63) is 49.8 Å². The predicted molar refractivity (Wildman–Crippen MR) is 128 cm³/mol. The van der Waals surface area contributed by atoms with Crippen molar-refractivity contribution in [3.63, 3.8) is 0 Å². The smallest absolute Gasteiger partial charge is 0.258 e. The first-order chi connectivity index (χ1) is 14.0. The van der Waals surface area contributed by atoms with Gasteiger partial charge in [0.1, 0.15) is 5.00 Å². The summed E-state index contributed by atoms with van der Waals surface area (Å²) in [4.78, 5) is 25.8. The number of hydrogen-bond acceptors (Lipinski definition) is 4. The van der Waals surface area contributed by atoms with Crippen LogP contribution in [0.15, 0.2) is 18.2 Å². The summed E-state index contributed by atoms with van der Waals surface area (Å²) < 4.78 is 0.